The summed E-state index contributed by atoms with van der Waals surface area (Å²) in [7, 11) is -9.90. The van der Waals surface area contributed by atoms with Crippen LogP contribution in [-0.2, 0) is 65.4 Å². The molecule has 0 spiro atoms. The van der Waals surface area contributed by atoms with Crippen molar-refractivity contribution in [3.8, 4) is 0 Å². The van der Waals surface area contributed by atoms with Crippen molar-refractivity contribution in [2.75, 3.05) is 39.6 Å². The Balaban J connectivity index is 5.22. The monoisotopic (exact) mass is 1350 g/mol. The average molecular weight is 1350 g/mol. The highest BCUT2D eigenvalue weighted by molar-refractivity contribution is 7.47. The maximum Gasteiger partial charge on any atom is 0.472 e. The van der Waals surface area contributed by atoms with Crippen LogP contribution in [0.3, 0.4) is 0 Å². The Morgan fingerprint density at radius 2 is 0.522 bits per heavy atom. The molecule has 3 unspecified atom stereocenters. The predicted octanol–water partition coefficient (Wildman–Crippen LogP) is 21.3. The number of rotatable bonds is 73. The van der Waals surface area contributed by atoms with Crippen LogP contribution in [0.25, 0.3) is 0 Å². The molecular weight excluding hydrogens is 1210 g/mol. The zero-order valence-corrected chi connectivity index (χ0v) is 61.5. The number of unbranched alkanes of at least 4 members (excludes halogenated alkanes) is 44. The van der Waals surface area contributed by atoms with Crippen LogP contribution < -0.4 is 0 Å². The van der Waals surface area contributed by atoms with Crippen LogP contribution in [0.15, 0.2) is 0 Å². The van der Waals surface area contributed by atoms with Gasteiger partial charge < -0.3 is 33.8 Å². The molecule has 6 atom stereocenters. The van der Waals surface area contributed by atoms with Gasteiger partial charge in [-0.05, 0) is 31.6 Å². The van der Waals surface area contributed by atoms with Crippen molar-refractivity contribution >= 4 is 39.5 Å². The maximum absolute atomic E-state index is 13.1. The first-order chi connectivity index (χ1) is 44.6. The first-order valence-electron chi connectivity index (χ1n) is 38.2. The molecule has 17 nitrogen and oxygen atoms in total. The Labute approximate surface area is 562 Å². The van der Waals surface area contributed by atoms with E-state index in [1.807, 2.05) is 0 Å². The zero-order valence-electron chi connectivity index (χ0n) is 59.7. The standard InChI is InChI=1S/C73H142O17P2/c1-6-10-13-16-19-22-25-27-29-30-31-32-34-36-39-42-48-53-58-72(77)89-68(62-83-71(76)57-52-47-41-38-35-33-28-26-23-20-17-14-11-7-2)64-87-91(79,80)85-60-67(74)61-86-92(81,82)88-65-69(90-73(78)59-54-49-44-43-45-50-55-66(5)9-4)63-84-70(75)56-51-46-40-37-24-21-18-15-12-8-3/h66-69,74H,6-65H2,1-5H3,(H,79,80)(H,81,82)/t66?,67-,68-,69-/m1/s1. The van der Waals surface area contributed by atoms with Crippen molar-refractivity contribution in [1.29, 1.82) is 0 Å². The summed E-state index contributed by atoms with van der Waals surface area (Å²) < 4.78 is 68.4. The summed E-state index contributed by atoms with van der Waals surface area (Å²) in [5, 5.41) is 10.6. The van der Waals surface area contributed by atoms with E-state index in [4.69, 9.17) is 37.0 Å². The van der Waals surface area contributed by atoms with Gasteiger partial charge in [0.1, 0.15) is 19.3 Å². The van der Waals surface area contributed by atoms with Gasteiger partial charge in [0.25, 0.3) is 0 Å². The molecule has 0 aliphatic heterocycles. The second-order valence-electron chi connectivity index (χ2n) is 26.6. The smallest absolute Gasteiger partial charge is 0.462 e. The highest BCUT2D eigenvalue weighted by Crippen LogP contribution is 2.45. The summed E-state index contributed by atoms with van der Waals surface area (Å²) >= 11 is 0. The molecule has 0 aliphatic carbocycles. The summed E-state index contributed by atoms with van der Waals surface area (Å²) in [6.07, 6.45) is 54.1. The third-order valence-corrected chi connectivity index (χ3v) is 19.3. The van der Waals surface area contributed by atoms with Crippen LogP contribution in [-0.4, -0.2) is 96.7 Å². The van der Waals surface area contributed by atoms with Gasteiger partial charge in [-0.1, -0.05) is 330 Å². The molecule has 3 N–H and O–H groups in total. The molecule has 19 heteroatoms. The summed E-state index contributed by atoms with van der Waals surface area (Å²) in [4.78, 5) is 72.6. The van der Waals surface area contributed by atoms with E-state index in [2.05, 4.69) is 34.6 Å². The van der Waals surface area contributed by atoms with Crippen molar-refractivity contribution in [2.24, 2.45) is 5.92 Å². The third-order valence-electron chi connectivity index (χ3n) is 17.4. The molecular formula is C73H142O17P2. The second-order valence-corrected chi connectivity index (χ2v) is 29.5. The molecule has 0 fully saturated rings. The van der Waals surface area contributed by atoms with Gasteiger partial charge in [0, 0.05) is 25.7 Å². The first kappa shape index (κ1) is 90.1. The fourth-order valence-electron chi connectivity index (χ4n) is 11.1. The highest BCUT2D eigenvalue weighted by atomic mass is 31.2. The van der Waals surface area contributed by atoms with Gasteiger partial charge in [0.05, 0.1) is 26.4 Å². The van der Waals surface area contributed by atoms with E-state index >= 15 is 0 Å². The number of hydrogen-bond acceptors (Lipinski definition) is 15. The minimum atomic E-state index is -4.95. The van der Waals surface area contributed by atoms with Gasteiger partial charge in [-0.15, -0.1) is 0 Å². The number of ether oxygens (including phenoxy) is 4. The summed E-state index contributed by atoms with van der Waals surface area (Å²) in [6.45, 7) is 7.22. The molecule has 0 radical (unpaired) electrons. The Bertz CT molecular complexity index is 1770. The fourth-order valence-corrected chi connectivity index (χ4v) is 12.7. The molecule has 0 aromatic carbocycles. The number of esters is 4. The quantitative estimate of drug-likeness (QED) is 0.0222. The lowest BCUT2D eigenvalue weighted by Gasteiger charge is -2.21. The zero-order chi connectivity index (χ0) is 67.7. The van der Waals surface area contributed by atoms with E-state index in [1.54, 1.807) is 0 Å². The lowest BCUT2D eigenvalue weighted by Crippen LogP contribution is -2.30. The van der Waals surface area contributed by atoms with E-state index in [9.17, 15) is 43.2 Å². The van der Waals surface area contributed by atoms with Gasteiger partial charge >= 0.3 is 39.5 Å². The van der Waals surface area contributed by atoms with Crippen molar-refractivity contribution in [3.63, 3.8) is 0 Å². The van der Waals surface area contributed by atoms with E-state index in [1.165, 1.54) is 205 Å². The fraction of sp³-hybridized carbons (Fsp3) is 0.945. The normalized spacial score (nSPS) is 14.3. The largest absolute Gasteiger partial charge is 0.472 e. The number of aliphatic hydroxyl groups excluding tert-OH is 1. The van der Waals surface area contributed by atoms with E-state index in [0.29, 0.717) is 25.7 Å². The number of phosphoric ester groups is 2. The molecule has 546 valence electrons. The SMILES string of the molecule is CCCCCCCCCCCCCCCCCCCCC(=O)O[C@H](COC(=O)CCCCCCCCCCCCCCCC)COP(=O)(O)OC[C@@H](O)COP(=O)(O)OC[C@@H](COC(=O)CCCCCCCCCCCC)OC(=O)CCCCCCCCC(C)CC. The minimum absolute atomic E-state index is 0.103. The van der Waals surface area contributed by atoms with Gasteiger partial charge in [-0.3, -0.25) is 37.3 Å². The molecule has 0 bridgehead atoms. The topological polar surface area (TPSA) is 237 Å². The number of phosphoric acid groups is 2. The number of carbonyl (C=O) groups excluding carboxylic acids is 4. The third kappa shape index (κ3) is 65.4. The van der Waals surface area contributed by atoms with Gasteiger partial charge in [0.15, 0.2) is 12.2 Å². The van der Waals surface area contributed by atoms with Crippen molar-refractivity contribution in [3.05, 3.63) is 0 Å². The van der Waals surface area contributed by atoms with Crippen LogP contribution >= 0.6 is 15.6 Å². The van der Waals surface area contributed by atoms with Gasteiger partial charge in [-0.25, -0.2) is 9.13 Å². The van der Waals surface area contributed by atoms with E-state index < -0.39 is 97.5 Å². The molecule has 0 aliphatic rings. The minimum Gasteiger partial charge on any atom is -0.462 e. The van der Waals surface area contributed by atoms with Gasteiger partial charge in [0.2, 0.25) is 0 Å². The molecule has 92 heavy (non-hydrogen) atoms. The summed E-state index contributed by atoms with van der Waals surface area (Å²) in [6, 6.07) is 0. The van der Waals surface area contributed by atoms with Crippen molar-refractivity contribution < 1.29 is 80.2 Å². The van der Waals surface area contributed by atoms with Crippen LogP contribution in [0.1, 0.15) is 381 Å². The number of aliphatic hydroxyl groups is 1. The number of carbonyl (C=O) groups is 4. The summed E-state index contributed by atoms with van der Waals surface area (Å²) in [5.41, 5.74) is 0. The molecule has 0 heterocycles. The average Bonchev–Trinajstić information content (AvgIpc) is 3.29. The Morgan fingerprint density at radius 1 is 0.304 bits per heavy atom. The summed E-state index contributed by atoms with van der Waals surface area (Å²) in [5.74, 6) is -1.40. The number of hydrogen-bond donors (Lipinski definition) is 3. The van der Waals surface area contributed by atoms with Crippen LogP contribution in [0.5, 0.6) is 0 Å². The lowest BCUT2D eigenvalue weighted by molar-refractivity contribution is -0.161. The van der Waals surface area contributed by atoms with Crippen LogP contribution in [0.2, 0.25) is 0 Å². The molecule has 0 aromatic heterocycles. The van der Waals surface area contributed by atoms with Crippen molar-refractivity contribution in [2.45, 2.75) is 400 Å². The first-order valence-corrected chi connectivity index (χ1v) is 41.2. The maximum atomic E-state index is 13.1. The molecule has 0 saturated heterocycles. The van der Waals surface area contributed by atoms with Crippen molar-refractivity contribution in [1.82, 2.24) is 0 Å². The van der Waals surface area contributed by atoms with E-state index in [0.717, 1.165) is 95.8 Å². The highest BCUT2D eigenvalue weighted by Gasteiger charge is 2.30. The Morgan fingerprint density at radius 3 is 0.772 bits per heavy atom. The predicted molar refractivity (Wildman–Crippen MR) is 372 cm³/mol. The molecule has 0 amide bonds. The molecule has 0 rings (SSSR count). The van der Waals surface area contributed by atoms with Gasteiger partial charge in [-0.2, -0.15) is 0 Å². The van der Waals surface area contributed by atoms with E-state index in [-0.39, 0.29) is 25.7 Å². The van der Waals surface area contributed by atoms with Crippen LogP contribution in [0, 0.1) is 5.92 Å². The molecule has 0 aromatic rings. The lowest BCUT2D eigenvalue weighted by atomic mass is 10.00. The Hall–Kier alpha value is -1.94. The second kappa shape index (κ2) is 66.3. The molecule has 0 saturated carbocycles. The Kier molecular flexibility index (Phi) is 64.9. The van der Waals surface area contributed by atoms with Crippen LogP contribution in [0.4, 0.5) is 0 Å².